The van der Waals surface area contributed by atoms with Gasteiger partial charge in [0.05, 0.1) is 0 Å². The van der Waals surface area contributed by atoms with Crippen molar-refractivity contribution in [3.63, 3.8) is 0 Å². The van der Waals surface area contributed by atoms with E-state index in [2.05, 4.69) is 36.4 Å². The molecule has 266 valence electrons. The molecule has 0 unspecified atom stereocenters. The second-order valence-electron chi connectivity index (χ2n) is 13.6. The number of hydrogen-bond acceptors (Lipinski definition) is 2. The fourth-order valence-corrected chi connectivity index (χ4v) is 7.49. The van der Waals surface area contributed by atoms with E-state index in [1.807, 2.05) is 58.3 Å². The minimum absolute atomic E-state index is 0.373. The highest BCUT2D eigenvalue weighted by Gasteiger charge is 2.21. The van der Waals surface area contributed by atoms with Crippen molar-refractivity contribution in [1.29, 1.82) is 0 Å². The Morgan fingerprint density at radius 1 is 0.291 bits per heavy atom. The summed E-state index contributed by atoms with van der Waals surface area (Å²) in [6.45, 7) is 0. The lowest BCUT2D eigenvalue weighted by Crippen LogP contribution is -2.10. The van der Waals surface area contributed by atoms with Crippen LogP contribution in [0.4, 0.5) is 51.7 Å². The number of hydrogen-bond donors (Lipinski definition) is 0. The van der Waals surface area contributed by atoms with E-state index in [0.29, 0.717) is 22.7 Å². The van der Waals surface area contributed by atoms with Crippen molar-refractivity contribution >= 4 is 34.1 Å². The second-order valence-corrected chi connectivity index (χ2v) is 13.6. The summed E-state index contributed by atoms with van der Waals surface area (Å²) in [7, 11) is 0. The zero-order valence-electron chi connectivity index (χ0n) is 29.4. The van der Waals surface area contributed by atoms with Crippen LogP contribution >= 0.6 is 0 Å². The lowest BCUT2D eigenvalue weighted by molar-refractivity contribution is 0.626. The first-order valence-corrected chi connectivity index (χ1v) is 18.0. The highest BCUT2D eigenvalue weighted by atomic mass is 19.1. The minimum atomic E-state index is -0.373. The third-order valence-corrected chi connectivity index (χ3v) is 10.1. The largest absolute Gasteiger partial charge is 0.310 e. The lowest BCUT2D eigenvalue weighted by Gasteiger charge is -2.25. The van der Waals surface area contributed by atoms with Crippen LogP contribution in [0.15, 0.2) is 182 Å². The van der Waals surface area contributed by atoms with E-state index < -0.39 is 0 Å². The van der Waals surface area contributed by atoms with E-state index in [-0.39, 0.29) is 23.3 Å². The molecule has 2 nitrogen and oxygen atoms in total. The van der Waals surface area contributed by atoms with Gasteiger partial charge in [-0.15, -0.1) is 0 Å². The highest BCUT2D eigenvalue weighted by molar-refractivity contribution is 5.86. The standard InChI is InChI=1S/C49H32F4N2/c50-38-5-1-9-44(28-38)54(45-10-2-6-39(51)29-45)42-21-17-32(18-22-42)34-13-15-36-25-37-16-14-35(27-49(37)48(36)26-34)33-19-23-43(24-20-33)55(46-11-3-7-40(52)30-46)47-12-4-8-41(53)31-47/h1-24,26-31H,25H2. The normalized spacial score (nSPS) is 11.6. The third-order valence-electron chi connectivity index (χ3n) is 10.1. The Bertz CT molecular complexity index is 2410. The molecule has 0 heterocycles. The molecule has 0 saturated heterocycles. The number of benzene rings is 8. The molecule has 1 aliphatic carbocycles. The van der Waals surface area contributed by atoms with E-state index in [9.17, 15) is 17.6 Å². The SMILES string of the molecule is Fc1cccc(N(c2ccc(-c3ccc4c(c3)-c3cc(-c5ccc(N(c6cccc(F)c6)c6cccc(F)c6)cc5)ccc3C4)cc2)c2cccc(F)c2)c1. The molecular formula is C49H32F4N2. The number of fused-ring (bicyclic) bond motifs is 3. The molecule has 0 atom stereocenters. The van der Waals surface area contributed by atoms with Gasteiger partial charge in [-0.2, -0.15) is 0 Å². The second kappa shape index (κ2) is 14.1. The summed E-state index contributed by atoms with van der Waals surface area (Å²) in [5, 5.41) is 0. The smallest absolute Gasteiger partial charge is 0.125 e. The van der Waals surface area contributed by atoms with E-state index in [0.717, 1.165) is 40.0 Å². The number of halogens is 4. The maximum atomic E-state index is 14.3. The Labute approximate surface area is 316 Å². The Hall–Kier alpha value is -6.92. The molecule has 0 aliphatic heterocycles. The van der Waals surface area contributed by atoms with Gasteiger partial charge in [0.2, 0.25) is 0 Å². The topological polar surface area (TPSA) is 6.48 Å². The molecule has 1 aliphatic rings. The van der Waals surface area contributed by atoms with Crippen molar-refractivity contribution in [2.45, 2.75) is 6.42 Å². The van der Waals surface area contributed by atoms with Crippen molar-refractivity contribution < 1.29 is 17.6 Å². The van der Waals surface area contributed by atoms with Gasteiger partial charge in [0.25, 0.3) is 0 Å². The molecule has 0 bridgehead atoms. The van der Waals surface area contributed by atoms with Crippen molar-refractivity contribution in [2.24, 2.45) is 0 Å². The summed E-state index contributed by atoms with van der Waals surface area (Å²) in [6.07, 6.45) is 0.843. The fraction of sp³-hybridized carbons (Fsp3) is 0.0204. The molecule has 8 aromatic carbocycles. The van der Waals surface area contributed by atoms with Crippen LogP contribution in [0.2, 0.25) is 0 Å². The lowest BCUT2D eigenvalue weighted by atomic mass is 9.96. The van der Waals surface area contributed by atoms with E-state index in [1.165, 1.54) is 70.8 Å². The average Bonchev–Trinajstić information content (AvgIpc) is 3.56. The van der Waals surface area contributed by atoms with Crippen molar-refractivity contribution in [2.75, 3.05) is 9.80 Å². The quantitative estimate of drug-likeness (QED) is 0.144. The molecule has 0 N–H and O–H groups in total. The molecule has 0 saturated carbocycles. The molecule has 0 spiro atoms. The van der Waals surface area contributed by atoms with Crippen LogP contribution in [0.3, 0.4) is 0 Å². The molecule has 0 aromatic heterocycles. The van der Waals surface area contributed by atoms with Crippen molar-refractivity contribution in [1.82, 2.24) is 0 Å². The first kappa shape index (κ1) is 33.9. The minimum Gasteiger partial charge on any atom is -0.310 e. The van der Waals surface area contributed by atoms with Gasteiger partial charge in [0, 0.05) is 34.1 Å². The molecular weight excluding hydrogens is 693 g/mol. The van der Waals surface area contributed by atoms with Crippen LogP contribution in [0.5, 0.6) is 0 Å². The summed E-state index contributed by atoms with van der Waals surface area (Å²) in [6, 6.07) is 54.2. The van der Waals surface area contributed by atoms with Crippen molar-refractivity contribution in [3.8, 4) is 33.4 Å². The van der Waals surface area contributed by atoms with Crippen LogP contribution < -0.4 is 9.80 Å². The van der Waals surface area contributed by atoms with Gasteiger partial charge in [-0.3, -0.25) is 0 Å². The molecule has 0 amide bonds. The summed E-state index contributed by atoms with van der Waals surface area (Å²) in [5.41, 5.74) is 12.9. The first-order valence-electron chi connectivity index (χ1n) is 18.0. The van der Waals surface area contributed by atoms with E-state index >= 15 is 0 Å². The van der Waals surface area contributed by atoms with Gasteiger partial charge in [0.1, 0.15) is 23.3 Å². The Morgan fingerprint density at radius 3 is 0.909 bits per heavy atom. The Kier molecular flexibility index (Phi) is 8.71. The van der Waals surface area contributed by atoms with Gasteiger partial charge in [-0.25, -0.2) is 17.6 Å². The van der Waals surface area contributed by atoms with Gasteiger partial charge in [-0.05, 0) is 160 Å². The Balaban J connectivity index is 1.02. The predicted molar refractivity (Wildman–Crippen MR) is 215 cm³/mol. The van der Waals surface area contributed by atoms with Crippen LogP contribution in [0.25, 0.3) is 33.4 Å². The molecule has 9 rings (SSSR count). The number of anilines is 6. The maximum Gasteiger partial charge on any atom is 0.125 e. The Morgan fingerprint density at radius 2 is 0.600 bits per heavy atom. The zero-order valence-corrected chi connectivity index (χ0v) is 29.4. The van der Waals surface area contributed by atoms with Crippen molar-refractivity contribution in [3.05, 3.63) is 216 Å². The van der Waals surface area contributed by atoms with E-state index in [1.54, 1.807) is 48.5 Å². The third kappa shape index (κ3) is 6.75. The molecule has 8 aromatic rings. The summed E-state index contributed by atoms with van der Waals surface area (Å²) >= 11 is 0. The highest BCUT2D eigenvalue weighted by Crippen LogP contribution is 2.43. The summed E-state index contributed by atoms with van der Waals surface area (Å²) < 4.78 is 57.3. The predicted octanol–water partition coefficient (Wildman–Crippen LogP) is 14.1. The monoisotopic (exact) mass is 724 g/mol. The first-order chi connectivity index (χ1) is 26.9. The molecule has 0 fully saturated rings. The van der Waals surface area contributed by atoms with Gasteiger partial charge >= 0.3 is 0 Å². The van der Waals surface area contributed by atoms with Gasteiger partial charge < -0.3 is 9.80 Å². The summed E-state index contributed by atoms with van der Waals surface area (Å²) in [5.74, 6) is -1.49. The molecule has 6 heteroatoms. The van der Waals surface area contributed by atoms with Crippen LogP contribution in [-0.4, -0.2) is 0 Å². The average molecular weight is 725 g/mol. The number of rotatable bonds is 8. The molecule has 55 heavy (non-hydrogen) atoms. The molecule has 0 radical (unpaired) electrons. The van der Waals surface area contributed by atoms with Gasteiger partial charge in [-0.1, -0.05) is 72.8 Å². The van der Waals surface area contributed by atoms with Crippen LogP contribution in [0, 0.1) is 23.3 Å². The van der Waals surface area contributed by atoms with E-state index in [4.69, 9.17) is 0 Å². The maximum absolute atomic E-state index is 14.3. The van der Waals surface area contributed by atoms with Crippen LogP contribution in [0.1, 0.15) is 11.1 Å². The zero-order chi connectivity index (χ0) is 37.5. The van der Waals surface area contributed by atoms with Gasteiger partial charge in [0.15, 0.2) is 0 Å². The fourth-order valence-electron chi connectivity index (χ4n) is 7.49. The van der Waals surface area contributed by atoms with Crippen LogP contribution in [-0.2, 0) is 6.42 Å². The summed E-state index contributed by atoms with van der Waals surface area (Å²) in [4.78, 5) is 3.67. The number of nitrogens with zero attached hydrogens (tertiary/aromatic N) is 2.